The smallest absolute Gasteiger partial charge is 0.287 e. The number of anilines is 2. The summed E-state index contributed by atoms with van der Waals surface area (Å²) in [4.78, 5) is 33.5. The van der Waals surface area contributed by atoms with Crippen LogP contribution < -0.4 is 10.2 Å². The number of nitrogens with one attached hydrogen (secondary N) is 1. The van der Waals surface area contributed by atoms with Gasteiger partial charge in [-0.3, -0.25) is 14.5 Å². The Balaban J connectivity index is 1.58. The van der Waals surface area contributed by atoms with E-state index in [0.29, 0.717) is 11.6 Å². The molecule has 2 heterocycles. The van der Waals surface area contributed by atoms with Gasteiger partial charge in [-0.15, -0.1) is 0 Å². The van der Waals surface area contributed by atoms with Gasteiger partial charge in [0.1, 0.15) is 6.04 Å². The van der Waals surface area contributed by atoms with Crippen LogP contribution in [0.4, 0.5) is 10.8 Å². The molecule has 5 rings (SSSR count). The highest BCUT2D eigenvalue weighted by molar-refractivity contribution is 7.22. The molecule has 174 valence electrons. The first-order valence-electron chi connectivity index (χ1n) is 11.2. The summed E-state index contributed by atoms with van der Waals surface area (Å²) in [6.07, 6.45) is 1.75. The number of rotatable bonds is 7. The first kappa shape index (κ1) is 22.6. The molecule has 6 nitrogen and oxygen atoms in total. The molecule has 7 heteroatoms. The van der Waals surface area contributed by atoms with Crippen LogP contribution in [0.1, 0.15) is 21.7 Å². The van der Waals surface area contributed by atoms with E-state index in [1.807, 2.05) is 85.8 Å². The van der Waals surface area contributed by atoms with Gasteiger partial charge in [0.15, 0.2) is 10.9 Å². The number of aromatic nitrogens is 1. The van der Waals surface area contributed by atoms with Gasteiger partial charge in [0.2, 0.25) is 0 Å². The molecule has 3 aromatic carbocycles. The van der Waals surface area contributed by atoms with Gasteiger partial charge in [0.25, 0.3) is 11.8 Å². The highest BCUT2D eigenvalue weighted by Crippen LogP contribution is 2.35. The Labute approximate surface area is 206 Å². The normalized spacial score (nSPS) is 11.8. The molecule has 0 saturated carbocycles. The topological polar surface area (TPSA) is 75.4 Å². The second kappa shape index (κ2) is 9.95. The van der Waals surface area contributed by atoms with Crippen molar-refractivity contribution in [2.24, 2.45) is 0 Å². The molecule has 0 spiro atoms. The molecule has 0 saturated heterocycles. The summed E-state index contributed by atoms with van der Waals surface area (Å²) in [5.41, 5.74) is 3.40. The number of benzene rings is 3. The molecule has 35 heavy (non-hydrogen) atoms. The Bertz CT molecular complexity index is 1430. The number of hydrogen-bond donors (Lipinski definition) is 1. The number of aryl methyl sites for hydroxylation is 1. The van der Waals surface area contributed by atoms with Crippen LogP contribution in [-0.2, 0) is 11.2 Å². The van der Waals surface area contributed by atoms with Crippen molar-refractivity contribution in [2.75, 3.05) is 4.90 Å². The van der Waals surface area contributed by atoms with Crippen molar-refractivity contribution in [3.05, 3.63) is 114 Å². The quantitative estimate of drug-likeness (QED) is 0.314. The number of furan rings is 1. The minimum atomic E-state index is -0.846. The zero-order valence-electron chi connectivity index (χ0n) is 19.0. The molecule has 0 unspecified atom stereocenters. The lowest BCUT2D eigenvalue weighted by atomic mass is 10.0. The summed E-state index contributed by atoms with van der Waals surface area (Å²) in [6, 6.07) is 27.5. The maximum atomic E-state index is 14.2. The standard InChI is InChI=1S/C28H23N3O3S/c1-19-10-5-7-14-23(19)31(28-30-21-13-6-8-16-25(21)35-28)27(33)22(18-20-11-3-2-4-12-20)29-26(32)24-15-9-17-34-24/h2-17,22H,18H2,1H3,(H,29,32)/t22-/m0/s1. The van der Waals surface area contributed by atoms with Gasteiger partial charge >= 0.3 is 0 Å². The van der Waals surface area contributed by atoms with E-state index in [9.17, 15) is 9.59 Å². The third kappa shape index (κ3) is 4.85. The van der Waals surface area contributed by atoms with Gasteiger partial charge in [0.05, 0.1) is 22.2 Å². The van der Waals surface area contributed by atoms with Gasteiger partial charge in [-0.25, -0.2) is 4.98 Å². The van der Waals surface area contributed by atoms with Crippen LogP contribution in [0.5, 0.6) is 0 Å². The number of para-hydroxylation sites is 2. The van der Waals surface area contributed by atoms with E-state index in [2.05, 4.69) is 5.32 Å². The summed E-state index contributed by atoms with van der Waals surface area (Å²) in [5.74, 6) is -0.571. The largest absolute Gasteiger partial charge is 0.459 e. The van der Waals surface area contributed by atoms with Crippen LogP contribution in [-0.4, -0.2) is 22.8 Å². The van der Waals surface area contributed by atoms with Crippen molar-refractivity contribution in [1.29, 1.82) is 0 Å². The van der Waals surface area contributed by atoms with Crippen LogP contribution in [0.15, 0.2) is 102 Å². The molecule has 0 fully saturated rings. The lowest BCUT2D eigenvalue weighted by molar-refractivity contribution is -0.119. The predicted octanol–water partition coefficient (Wildman–Crippen LogP) is 5.90. The van der Waals surface area contributed by atoms with Gasteiger partial charge < -0.3 is 9.73 Å². The molecule has 0 aliphatic rings. The molecule has 1 N–H and O–H groups in total. The summed E-state index contributed by atoms with van der Waals surface area (Å²) in [7, 11) is 0. The number of carbonyl (C=O) groups is 2. The van der Waals surface area contributed by atoms with Crippen molar-refractivity contribution >= 4 is 44.2 Å². The SMILES string of the molecule is Cc1ccccc1N(C(=O)[C@H](Cc1ccccc1)NC(=O)c1ccco1)c1nc2ccccc2s1. The van der Waals surface area contributed by atoms with E-state index in [-0.39, 0.29) is 11.7 Å². The summed E-state index contributed by atoms with van der Waals surface area (Å²) >= 11 is 1.44. The van der Waals surface area contributed by atoms with Crippen LogP contribution >= 0.6 is 11.3 Å². The Morgan fingerprint density at radius 1 is 0.943 bits per heavy atom. The average Bonchev–Trinajstić information content (AvgIpc) is 3.56. The van der Waals surface area contributed by atoms with Crippen LogP contribution in [0, 0.1) is 6.92 Å². The second-order valence-electron chi connectivity index (χ2n) is 8.12. The molecule has 0 aliphatic heterocycles. The number of carbonyl (C=O) groups excluding carboxylic acids is 2. The molecule has 0 aliphatic carbocycles. The molecular formula is C28H23N3O3S. The van der Waals surface area contributed by atoms with E-state index in [1.165, 1.54) is 17.6 Å². The summed E-state index contributed by atoms with van der Waals surface area (Å²) < 4.78 is 6.25. The molecule has 0 bridgehead atoms. The van der Waals surface area contributed by atoms with Crippen LogP contribution in [0.25, 0.3) is 10.2 Å². The zero-order chi connectivity index (χ0) is 24.2. The third-order valence-electron chi connectivity index (χ3n) is 5.68. The fraction of sp³-hybridized carbons (Fsp3) is 0.107. The number of hydrogen-bond acceptors (Lipinski definition) is 5. The average molecular weight is 482 g/mol. The number of fused-ring (bicyclic) bond motifs is 1. The van der Waals surface area contributed by atoms with Crippen molar-refractivity contribution < 1.29 is 14.0 Å². The maximum absolute atomic E-state index is 14.2. The molecule has 2 aromatic heterocycles. The van der Waals surface area contributed by atoms with Gasteiger partial charge in [-0.05, 0) is 48.4 Å². The van der Waals surface area contributed by atoms with E-state index in [4.69, 9.17) is 9.40 Å². The van der Waals surface area contributed by atoms with E-state index in [1.54, 1.807) is 17.0 Å². The van der Waals surface area contributed by atoms with Crippen LogP contribution in [0.2, 0.25) is 0 Å². The first-order chi connectivity index (χ1) is 17.1. The summed E-state index contributed by atoms with van der Waals surface area (Å²) in [6.45, 7) is 1.95. The van der Waals surface area contributed by atoms with Crippen LogP contribution in [0.3, 0.4) is 0 Å². The van der Waals surface area contributed by atoms with Crippen molar-refractivity contribution in [2.45, 2.75) is 19.4 Å². The fourth-order valence-corrected chi connectivity index (χ4v) is 4.91. The number of amides is 2. The van der Waals surface area contributed by atoms with Crippen molar-refractivity contribution in [1.82, 2.24) is 10.3 Å². The Hall–Kier alpha value is -4.23. The van der Waals surface area contributed by atoms with Gasteiger partial charge in [-0.2, -0.15) is 0 Å². The Morgan fingerprint density at radius 2 is 1.69 bits per heavy atom. The van der Waals surface area contributed by atoms with E-state index < -0.39 is 11.9 Å². The third-order valence-corrected chi connectivity index (χ3v) is 6.70. The Morgan fingerprint density at radius 3 is 2.43 bits per heavy atom. The minimum Gasteiger partial charge on any atom is -0.459 e. The van der Waals surface area contributed by atoms with E-state index in [0.717, 1.165) is 27.0 Å². The monoisotopic (exact) mass is 481 g/mol. The van der Waals surface area contributed by atoms with Crippen molar-refractivity contribution in [3.8, 4) is 0 Å². The Kier molecular flexibility index (Phi) is 6.41. The fourth-order valence-electron chi connectivity index (χ4n) is 3.93. The molecule has 1 atom stereocenters. The molecule has 5 aromatic rings. The maximum Gasteiger partial charge on any atom is 0.287 e. The lowest BCUT2D eigenvalue weighted by Gasteiger charge is -2.27. The van der Waals surface area contributed by atoms with Gasteiger partial charge in [0, 0.05) is 6.42 Å². The summed E-state index contributed by atoms with van der Waals surface area (Å²) in [5, 5.41) is 3.45. The first-order valence-corrected chi connectivity index (χ1v) is 12.1. The molecular weight excluding hydrogens is 458 g/mol. The minimum absolute atomic E-state index is 0.151. The predicted molar refractivity (Wildman–Crippen MR) is 138 cm³/mol. The molecule has 2 amide bonds. The highest BCUT2D eigenvalue weighted by atomic mass is 32.1. The van der Waals surface area contributed by atoms with Gasteiger partial charge in [-0.1, -0.05) is 72.0 Å². The second-order valence-corrected chi connectivity index (χ2v) is 9.13. The highest BCUT2D eigenvalue weighted by Gasteiger charge is 2.31. The zero-order valence-corrected chi connectivity index (χ0v) is 19.9. The number of thiazole rings is 1. The number of nitrogens with zero attached hydrogens (tertiary/aromatic N) is 2. The molecule has 0 radical (unpaired) electrons. The van der Waals surface area contributed by atoms with E-state index >= 15 is 0 Å². The lowest BCUT2D eigenvalue weighted by Crippen LogP contribution is -2.48. The van der Waals surface area contributed by atoms with Crippen molar-refractivity contribution in [3.63, 3.8) is 0 Å².